The van der Waals surface area contributed by atoms with Crippen LogP contribution in [-0.2, 0) is 34.5 Å². The number of aliphatic imine (C=N–C) groups is 1. The monoisotopic (exact) mass is 556 g/mol. The minimum atomic E-state index is 0. The molecule has 178 valence electrons. The first-order valence-electron chi connectivity index (χ1n) is 10.9. The van der Waals surface area contributed by atoms with Crippen molar-refractivity contribution in [2.24, 2.45) is 19.1 Å². The van der Waals surface area contributed by atoms with E-state index in [4.69, 9.17) is 13.8 Å². The van der Waals surface area contributed by atoms with E-state index in [0.717, 1.165) is 34.0 Å². The van der Waals surface area contributed by atoms with Crippen LogP contribution in [0.3, 0.4) is 0 Å². The first-order chi connectivity index (χ1) is 16.7. The third-order valence-electron chi connectivity index (χ3n) is 5.90. The smallest absolute Gasteiger partial charge is 0.318 e. The number of pyridine rings is 1. The van der Waals surface area contributed by atoms with E-state index >= 15 is 0 Å². The summed E-state index contributed by atoms with van der Waals surface area (Å²) in [4.78, 5) is 16.0. The fraction of sp³-hybridized carbons (Fsp3) is 0.115. The number of rotatable bonds is 6. The fourth-order valence-corrected chi connectivity index (χ4v) is 4.31. The van der Waals surface area contributed by atoms with Gasteiger partial charge in [-0.05, 0) is 24.3 Å². The van der Waals surface area contributed by atoms with Crippen molar-refractivity contribution in [2.45, 2.75) is 0 Å². The van der Waals surface area contributed by atoms with Crippen LogP contribution in [0.1, 0.15) is 5.56 Å². The Hall–Kier alpha value is -3.93. The average molecular weight is 557 g/mol. The number of furan rings is 1. The van der Waals surface area contributed by atoms with E-state index in [1.807, 2.05) is 36.4 Å². The first-order valence-corrected chi connectivity index (χ1v) is 10.9. The minimum Gasteiger partial charge on any atom is -0.432 e. The molecule has 0 bridgehead atoms. The second-order valence-corrected chi connectivity index (χ2v) is 8.09. The van der Waals surface area contributed by atoms with E-state index in [0.29, 0.717) is 18.0 Å². The van der Waals surface area contributed by atoms with Gasteiger partial charge in [0, 0.05) is 50.4 Å². The largest absolute Gasteiger partial charge is 0.432 e. The molecule has 0 aliphatic heterocycles. The van der Waals surface area contributed by atoms with Crippen molar-refractivity contribution in [3.05, 3.63) is 85.2 Å². The molecule has 6 rings (SSSR count). The van der Waals surface area contributed by atoms with Crippen LogP contribution in [-0.4, -0.2) is 27.4 Å². The van der Waals surface area contributed by atoms with Crippen LogP contribution in [0.4, 0.5) is 11.5 Å². The number of oxazole rings is 1. The topological polar surface area (TPSA) is 76.5 Å². The van der Waals surface area contributed by atoms with Crippen LogP contribution < -0.4 is 9.47 Å². The first kappa shape index (κ1) is 22.8. The van der Waals surface area contributed by atoms with Gasteiger partial charge in [-0.1, -0.05) is 35.2 Å². The Morgan fingerprint density at radius 3 is 2.86 bits per heavy atom. The normalized spacial score (nSPS) is 11.5. The summed E-state index contributed by atoms with van der Waals surface area (Å²) in [5, 5.41) is 1.18. The van der Waals surface area contributed by atoms with E-state index in [1.54, 1.807) is 12.5 Å². The standard InChI is InChI=1S/C26H22N6O2.Pd/c1-30-12-11-20-21(14-31(2)25(20)30)22-9-6-10-23(29-22)32(19-7-4-3-5-8-19)16-27-13-18-15-33-26-24(18)28-17-34-26;/h3-15,17H,16H2,1-2H3;/b27-13+;. The summed E-state index contributed by atoms with van der Waals surface area (Å²) in [6, 6.07) is 18.3. The van der Waals surface area contributed by atoms with Crippen molar-refractivity contribution < 1.29 is 33.8 Å². The fourth-order valence-electron chi connectivity index (χ4n) is 4.31. The van der Waals surface area contributed by atoms with Crippen LogP contribution in [0.5, 0.6) is 0 Å². The molecule has 9 heteroatoms. The number of para-hydroxylation sites is 1. The molecule has 1 aromatic carbocycles. The molecular formula is C26H22N6O2Pd. The van der Waals surface area contributed by atoms with Gasteiger partial charge in [0.15, 0.2) is 17.6 Å². The Labute approximate surface area is 215 Å². The van der Waals surface area contributed by atoms with Gasteiger partial charge in [-0.25, -0.2) is 9.97 Å². The van der Waals surface area contributed by atoms with Crippen molar-refractivity contribution >= 4 is 40.0 Å². The second-order valence-electron chi connectivity index (χ2n) is 8.09. The molecule has 5 heterocycles. The Kier molecular flexibility index (Phi) is 6.12. The van der Waals surface area contributed by atoms with Gasteiger partial charge in [0.1, 0.15) is 18.7 Å². The molecule has 6 aromatic rings. The van der Waals surface area contributed by atoms with Crippen LogP contribution in [0.25, 0.3) is 33.6 Å². The zero-order valence-electron chi connectivity index (χ0n) is 19.1. The molecule has 0 unspecified atom stereocenters. The third kappa shape index (κ3) is 4.10. The number of hydrogen-bond acceptors (Lipinski definition) is 6. The van der Waals surface area contributed by atoms with Crippen molar-refractivity contribution in [3.63, 3.8) is 0 Å². The molecule has 0 spiro atoms. The number of hydrogen-bond donors (Lipinski definition) is 0. The van der Waals surface area contributed by atoms with Gasteiger partial charge in [0.05, 0.1) is 19.7 Å². The minimum absolute atomic E-state index is 0. The van der Waals surface area contributed by atoms with Gasteiger partial charge in [-0.2, -0.15) is 0 Å². The van der Waals surface area contributed by atoms with Gasteiger partial charge in [-0.3, -0.25) is 4.99 Å². The third-order valence-corrected chi connectivity index (χ3v) is 5.90. The Morgan fingerprint density at radius 2 is 2.00 bits per heavy atom. The van der Waals surface area contributed by atoms with Crippen LogP contribution >= 0.6 is 0 Å². The SMILES string of the molecule is Cn1cc(-c2cccc(N(C/N=C/c3coc4ocnc34)c3ccccc3)n2)c2[cH-]c[n+](C)c21.[Pd]. The molecule has 0 fully saturated rings. The predicted molar refractivity (Wildman–Crippen MR) is 130 cm³/mol. The zero-order valence-corrected chi connectivity index (χ0v) is 20.7. The summed E-state index contributed by atoms with van der Waals surface area (Å²) in [7, 11) is 4.11. The summed E-state index contributed by atoms with van der Waals surface area (Å²) in [6.45, 7) is 0.376. The van der Waals surface area contributed by atoms with Crippen molar-refractivity contribution in [1.82, 2.24) is 14.5 Å². The van der Waals surface area contributed by atoms with Gasteiger partial charge < -0.3 is 22.9 Å². The van der Waals surface area contributed by atoms with Gasteiger partial charge >= 0.3 is 5.78 Å². The Balaban J connectivity index is 0.00000253. The average Bonchev–Trinajstić information content (AvgIpc) is 3.63. The van der Waals surface area contributed by atoms with Crippen LogP contribution in [0, 0.1) is 0 Å². The Bertz CT molecular complexity index is 1630. The number of anilines is 2. The molecule has 0 N–H and O–H groups in total. The van der Waals surface area contributed by atoms with Crippen LogP contribution in [0.15, 0.2) is 93.5 Å². The van der Waals surface area contributed by atoms with E-state index < -0.39 is 0 Å². The summed E-state index contributed by atoms with van der Waals surface area (Å²) in [6.07, 6.45) is 8.91. The van der Waals surface area contributed by atoms with E-state index in [1.165, 1.54) is 11.8 Å². The predicted octanol–water partition coefficient (Wildman–Crippen LogP) is 4.73. The molecule has 0 saturated heterocycles. The second kappa shape index (κ2) is 9.37. The van der Waals surface area contributed by atoms with E-state index in [-0.39, 0.29) is 20.4 Å². The summed E-state index contributed by atoms with van der Waals surface area (Å²) in [5.41, 5.74) is 5.61. The van der Waals surface area contributed by atoms with Crippen molar-refractivity contribution in [2.75, 3.05) is 11.6 Å². The Morgan fingerprint density at radius 1 is 1.14 bits per heavy atom. The number of aromatic nitrogens is 4. The van der Waals surface area contributed by atoms with Crippen molar-refractivity contribution in [1.29, 1.82) is 0 Å². The maximum Gasteiger partial charge on any atom is 0.318 e. The quantitative estimate of drug-likeness (QED) is 0.128. The summed E-state index contributed by atoms with van der Waals surface area (Å²) < 4.78 is 14.8. The van der Waals surface area contributed by atoms with Gasteiger partial charge in [0.2, 0.25) is 0 Å². The summed E-state index contributed by atoms with van der Waals surface area (Å²) in [5.74, 6) is 1.21. The van der Waals surface area contributed by atoms with Crippen LogP contribution in [0.2, 0.25) is 0 Å². The van der Waals surface area contributed by atoms with Gasteiger partial charge in [0.25, 0.3) is 0 Å². The number of nitrogens with zero attached hydrogens (tertiary/aromatic N) is 6. The molecular weight excluding hydrogens is 535 g/mol. The molecule has 0 saturated carbocycles. The molecule has 0 aliphatic rings. The summed E-state index contributed by atoms with van der Waals surface area (Å²) >= 11 is 0. The maximum atomic E-state index is 5.37. The number of benzene rings is 1. The molecule has 35 heavy (non-hydrogen) atoms. The molecule has 5 aromatic heterocycles. The molecule has 0 radical (unpaired) electrons. The number of fused-ring (bicyclic) bond motifs is 2. The van der Waals surface area contributed by atoms with E-state index in [9.17, 15) is 0 Å². The number of aryl methyl sites for hydroxylation is 2. The zero-order chi connectivity index (χ0) is 23.1. The van der Waals surface area contributed by atoms with Crippen molar-refractivity contribution in [3.8, 4) is 11.3 Å². The molecule has 0 amide bonds. The molecule has 0 atom stereocenters. The molecule has 8 nitrogen and oxygen atoms in total. The molecule has 0 aliphatic carbocycles. The van der Waals surface area contributed by atoms with E-state index in [2.05, 4.69) is 68.7 Å². The van der Waals surface area contributed by atoms with Gasteiger partial charge in [-0.15, -0.1) is 6.07 Å². The maximum absolute atomic E-state index is 5.37.